The molecule has 0 aromatic heterocycles. The topological polar surface area (TPSA) is 39.7 Å². The second-order valence-electron chi connectivity index (χ2n) is 4.53. The molecule has 120 valence electrons. The standard InChI is InChI=1S/C11H21IN4.2C2H6/c12-16-6-4-13-8-10-2-1-3-11(15-10)9-14-5-7-16;2*1-2/h10,13-14H,1-9H2;2*1-2H3. The molecule has 0 saturated carbocycles. The fourth-order valence-electron chi connectivity index (χ4n) is 2.22. The van der Waals surface area contributed by atoms with E-state index < -0.39 is 0 Å². The maximum absolute atomic E-state index is 4.81. The summed E-state index contributed by atoms with van der Waals surface area (Å²) in [5.74, 6) is 0. The first-order chi connectivity index (χ1) is 9.84. The van der Waals surface area contributed by atoms with E-state index in [4.69, 9.17) is 4.99 Å². The molecule has 0 amide bonds. The average Bonchev–Trinajstić information content (AvgIpc) is 2.52. The van der Waals surface area contributed by atoms with Crippen molar-refractivity contribution < 1.29 is 0 Å². The van der Waals surface area contributed by atoms with Gasteiger partial charge in [-0.3, -0.25) is 4.99 Å². The highest BCUT2D eigenvalue weighted by Gasteiger charge is 2.15. The number of hydrogen-bond acceptors (Lipinski definition) is 4. The Labute approximate surface area is 139 Å². The first-order valence-electron chi connectivity index (χ1n) is 8.22. The van der Waals surface area contributed by atoms with Gasteiger partial charge >= 0.3 is 0 Å². The van der Waals surface area contributed by atoms with Gasteiger partial charge in [-0.25, -0.2) is 3.11 Å². The Morgan fingerprint density at radius 1 is 1.10 bits per heavy atom. The van der Waals surface area contributed by atoms with E-state index in [1.165, 1.54) is 25.0 Å². The molecule has 2 rings (SSSR count). The molecule has 0 aromatic rings. The number of halogens is 1. The average molecular weight is 396 g/mol. The summed E-state index contributed by atoms with van der Waals surface area (Å²) in [6.45, 7) is 14.4. The van der Waals surface area contributed by atoms with Crippen LogP contribution in [-0.2, 0) is 0 Å². The Bertz CT molecular complexity index is 246. The molecule has 0 aliphatic carbocycles. The van der Waals surface area contributed by atoms with Gasteiger partial charge in [0, 0.05) is 67.8 Å². The molecular formula is C15H33IN4. The molecule has 2 N–H and O–H groups in total. The van der Waals surface area contributed by atoms with Crippen molar-refractivity contribution in [2.24, 2.45) is 4.99 Å². The molecule has 0 spiro atoms. The molecule has 1 unspecified atom stereocenters. The van der Waals surface area contributed by atoms with Gasteiger partial charge in [-0.2, -0.15) is 0 Å². The van der Waals surface area contributed by atoms with Crippen molar-refractivity contribution in [3.63, 3.8) is 0 Å². The lowest BCUT2D eigenvalue weighted by Crippen LogP contribution is -2.38. The monoisotopic (exact) mass is 396 g/mol. The van der Waals surface area contributed by atoms with Crippen molar-refractivity contribution in [3.05, 3.63) is 0 Å². The van der Waals surface area contributed by atoms with E-state index in [1.54, 1.807) is 0 Å². The van der Waals surface area contributed by atoms with Crippen molar-refractivity contribution in [3.8, 4) is 0 Å². The van der Waals surface area contributed by atoms with Crippen LogP contribution in [0.2, 0.25) is 0 Å². The Morgan fingerprint density at radius 2 is 1.75 bits per heavy atom. The van der Waals surface area contributed by atoms with Gasteiger partial charge in [0.05, 0.1) is 6.04 Å². The third kappa shape index (κ3) is 9.26. The Morgan fingerprint density at radius 3 is 2.45 bits per heavy atom. The SMILES string of the molecule is CC.CC.IN1CCNCC2=NC(CCC2)CNCC1. The minimum Gasteiger partial charge on any atom is -0.313 e. The van der Waals surface area contributed by atoms with Crippen LogP contribution in [0.5, 0.6) is 0 Å². The minimum absolute atomic E-state index is 0.521. The van der Waals surface area contributed by atoms with Crippen LogP contribution in [0.25, 0.3) is 0 Å². The van der Waals surface area contributed by atoms with Crippen LogP contribution >= 0.6 is 22.9 Å². The van der Waals surface area contributed by atoms with Gasteiger partial charge in [-0.15, -0.1) is 0 Å². The van der Waals surface area contributed by atoms with Gasteiger partial charge < -0.3 is 10.6 Å². The minimum atomic E-state index is 0.521. The van der Waals surface area contributed by atoms with Crippen LogP contribution in [0.15, 0.2) is 4.99 Å². The second-order valence-corrected chi connectivity index (χ2v) is 5.90. The smallest absolute Gasteiger partial charge is 0.0624 e. The molecule has 2 aliphatic heterocycles. The Hall–Kier alpha value is 0.280. The van der Waals surface area contributed by atoms with Crippen LogP contribution in [0.1, 0.15) is 47.0 Å². The molecule has 5 heteroatoms. The zero-order valence-corrected chi connectivity index (χ0v) is 15.9. The highest BCUT2D eigenvalue weighted by Crippen LogP contribution is 2.12. The first-order valence-corrected chi connectivity index (χ1v) is 9.19. The van der Waals surface area contributed by atoms with Gasteiger partial charge in [-0.1, -0.05) is 27.7 Å². The lowest BCUT2D eigenvalue weighted by atomic mass is 10.0. The molecule has 0 saturated heterocycles. The highest BCUT2D eigenvalue weighted by molar-refractivity contribution is 14.1. The van der Waals surface area contributed by atoms with Gasteiger partial charge in [0.25, 0.3) is 0 Å². The summed E-state index contributed by atoms with van der Waals surface area (Å²) >= 11 is 2.41. The zero-order chi connectivity index (χ0) is 15.2. The van der Waals surface area contributed by atoms with Gasteiger partial charge in [0.15, 0.2) is 0 Å². The normalized spacial score (nSPS) is 24.6. The highest BCUT2D eigenvalue weighted by atomic mass is 127. The van der Waals surface area contributed by atoms with Crippen molar-refractivity contribution >= 4 is 28.6 Å². The van der Waals surface area contributed by atoms with Crippen molar-refractivity contribution in [2.45, 2.75) is 53.0 Å². The third-order valence-corrected chi connectivity index (χ3v) is 4.10. The number of aliphatic imine (C=N–C) groups is 1. The zero-order valence-electron chi connectivity index (χ0n) is 13.7. The summed E-state index contributed by atoms with van der Waals surface area (Å²) in [7, 11) is 0. The maximum Gasteiger partial charge on any atom is 0.0624 e. The van der Waals surface area contributed by atoms with Crippen LogP contribution in [0, 0.1) is 0 Å². The molecule has 2 aliphatic rings. The maximum atomic E-state index is 4.81. The number of nitrogens with zero attached hydrogens (tertiary/aromatic N) is 2. The fourth-order valence-corrected chi connectivity index (χ4v) is 2.71. The predicted molar refractivity (Wildman–Crippen MR) is 99.1 cm³/mol. The number of nitrogens with one attached hydrogen (secondary N) is 2. The number of hydrogen-bond donors (Lipinski definition) is 2. The quantitative estimate of drug-likeness (QED) is 0.489. The molecular weight excluding hydrogens is 363 g/mol. The number of fused-ring (bicyclic) bond motifs is 1. The third-order valence-electron chi connectivity index (χ3n) is 3.14. The molecule has 1 atom stereocenters. The van der Waals surface area contributed by atoms with Crippen LogP contribution < -0.4 is 10.6 Å². The van der Waals surface area contributed by atoms with E-state index in [0.29, 0.717) is 6.04 Å². The Kier molecular flexibility index (Phi) is 14.4. The molecule has 2 heterocycles. The van der Waals surface area contributed by atoms with E-state index >= 15 is 0 Å². The summed E-state index contributed by atoms with van der Waals surface area (Å²) in [6, 6.07) is 0.521. The Balaban J connectivity index is 0.000000829. The summed E-state index contributed by atoms with van der Waals surface area (Å²) in [6.07, 6.45) is 3.76. The lowest BCUT2D eigenvalue weighted by molar-refractivity contribution is 0.451. The summed E-state index contributed by atoms with van der Waals surface area (Å²) in [5, 5.41) is 7.01. The second kappa shape index (κ2) is 14.2. The first kappa shape index (κ1) is 20.3. The van der Waals surface area contributed by atoms with Crippen molar-refractivity contribution in [1.82, 2.24) is 13.7 Å². The largest absolute Gasteiger partial charge is 0.313 e. The number of rotatable bonds is 0. The summed E-state index contributed by atoms with van der Waals surface area (Å²) < 4.78 is 2.34. The molecule has 0 fully saturated rings. The van der Waals surface area contributed by atoms with Crippen LogP contribution in [-0.4, -0.2) is 54.1 Å². The fraction of sp³-hybridized carbons (Fsp3) is 0.933. The summed E-state index contributed by atoms with van der Waals surface area (Å²) in [5.41, 5.74) is 1.37. The molecule has 0 radical (unpaired) electrons. The van der Waals surface area contributed by atoms with Crippen molar-refractivity contribution in [2.75, 3.05) is 39.3 Å². The van der Waals surface area contributed by atoms with E-state index in [2.05, 4.69) is 36.6 Å². The van der Waals surface area contributed by atoms with Gasteiger partial charge in [-0.05, 0) is 19.3 Å². The summed E-state index contributed by atoms with van der Waals surface area (Å²) in [4.78, 5) is 4.81. The van der Waals surface area contributed by atoms with E-state index in [9.17, 15) is 0 Å². The molecule has 2 bridgehead atoms. The van der Waals surface area contributed by atoms with Crippen LogP contribution in [0.4, 0.5) is 0 Å². The van der Waals surface area contributed by atoms with E-state index in [-0.39, 0.29) is 0 Å². The van der Waals surface area contributed by atoms with Gasteiger partial charge in [0.2, 0.25) is 0 Å². The lowest BCUT2D eigenvalue weighted by Gasteiger charge is -2.23. The van der Waals surface area contributed by atoms with Gasteiger partial charge in [0.1, 0.15) is 0 Å². The molecule has 20 heavy (non-hydrogen) atoms. The molecule has 4 nitrogen and oxygen atoms in total. The van der Waals surface area contributed by atoms with E-state index in [0.717, 1.165) is 39.3 Å². The van der Waals surface area contributed by atoms with Crippen molar-refractivity contribution in [1.29, 1.82) is 0 Å². The van der Waals surface area contributed by atoms with E-state index in [1.807, 2.05) is 27.7 Å². The predicted octanol–water partition coefficient (Wildman–Crippen LogP) is 2.88. The molecule has 0 aromatic carbocycles. The van der Waals surface area contributed by atoms with Crippen LogP contribution in [0.3, 0.4) is 0 Å².